The van der Waals surface area contributed by atoms with Crippen molar-refractivity contribution < 1.29 is 95.2 Å². The Labute approximate surface area is 203 Å². The molecular formula is C16H9F14O7S-. The molecule has 38 heavy (non-hydrogen) atoms. The summed E-state index contributed by atoms with van der Waals surface area (Å²) in [5.74, 6) is -47.6. The Kier molecular flexibility index (Phi) is 7.15. The van der Waals surface area contributed by atoms with Crippen LogP contribution in [0.2, 0.25) is 0 Å². The minimum absolute atomic E-state index is 0.0327. The lowest BCUT2D eigenvalue weighted by molar-refractivity contribution is -0.777. The monoisotopic (exact) mass is 611 g/mol. The molecule has 0 N–H and O–H groups in total. The second-order valence-corrected chi connectivity index (χ2v) is 9.32. The van der Waals surface area contributed by atoms with Crippen molar-refractivity contribution in [2.45, 2.75) is 65.8 Å². The molecule has 2 aliphatic carbocycles. The number of rotatable bonds is 10. The van der Waals surface area contributed by atoms with E-state index in [4.69, 9.17) is 4.74 Å². The van der Waals surface area contributed by atoms with Gasteiger partial charge < -0.3 is 14.7 Å². The maximum absolute atomic E-state index is 15.1. The van der Waals surface area contributed by atoms with Gasteiger partial charge in [-0.25, -0.2) is 9.18 Å². The van der Waals surface area contributed by atoms with E-state index in [1.54, 1.807) is 0 Å². The van der Waals surface area contributed by atoms with Gasteiger partial charge in [0.1, 0.15) is 12.2 Å². The van der Waals surface area contributed by atoms with E-state index in [1.807, 2.05) is 0 Å². The van der Waals surface area contributed by atoms with Gasteiger partial charge in [0.15, 0.2) is 0 Å². The number of carbonyl (C=O) groups excluding carboxylic acids is 2. The Morgan fingerprint density at radius 3 is 1.82 bits per heavy atom. The maximum Gasteiger partial charge on any atom is 0.460 e. The number of esters is 2. The van der Waals surface area contributed by atoms with Crippen molar-refractivity contribution in [2.24, 2.45) is 17.8 Å². The highest BCUT2D eigenvalue weighted by molar-refractivity contribution is 7.96. The lowest BCUT2D eigenvalue weighted by atomic mass is 9.88. The average Bonchev–Trinajstić information content (AvgIpc) is 3.41. The molecule has 2 bridgehead atoms. The highest BCUT2D eigenvalue weighted by Gasteiger charge is 2.94. The lowest BCUT2D eigenvalue weighted by Gasteiger charge is -2.42. The maximum atomic E-state index is 15.1. The van der Waals surface area contributed by atoms with Crippen LogP contribution in [0.5, 0.6) is 0 Å². The van der Waals surface area contributed by atoms with Crippen molar-refractivity contribution >= 4 is 24.0 Å². The van der Waals surface area contributed by atoms with E-state index < -0.39 is 94.7 Å². The molecule has 1 aliphatic heterocycles. The quantitative estimate of drug-likeness (QED) is 0.121. The molecule has 0 aromatic carbocycles. The standard InChI is InChI=1S/C16H10F14O7S/c17-10(38-37-36-33,9(32)35-6-3-1-4-5(2-3)8(31)34-7(4)6)11(18,19)12(20,21)13(22,23)14(24,25)15(26,27)16(28,29)30/h3-7,33H,1-2H2/p-1. The number of ether oxygens (including phenoxy) is 2. The summed E-state index contributed by atoms with van der Waals surface area (Å²) in [5.41, 5.74) is 0. The van der Waals surface area contributed by atoms with Crippen LogP contribution < -0.4 is 5.26 Å². The van der Waals surface area contributed by atoms with Crippen LogP contribution in [0.1, 0.15) is 12.8 Å². The lowest BCUT2D eigenvalue weighted by Crippen LogP contribution is -2.73. The van der Waals surface area contributed by atoms with E-state index in [2.05, 4.69) is 14.1 Å². The fourth-order valence-corrected chi connectivity index (χ4v) is 4.98. The summed E-state index contributed by atoms with van der Waals surface area (Å²) in [7, 11) is 0. The first kappa shape index (κ1) is 30.7. The zero-order valence-electron chi connectivity index (χ0n) is 17.4. The molecular weight excluding hydrogens is 602 g/mol. The topological polar surface area (TPSA) is 94.1 Å². The zero-order chi connectivity index (χ0) is 29.5. The number of halogens is 14. The van der Waals surface area contributed by atoms with E-state index >= 15 is 4.39 Å². The van der Waals surface area contributed by atoms with Crippen molar-refractivity contribution in [3.05, 3.63) is 0 Å². The molecule has 1 saturated heterocycles. The number of carbonyl (C=O) groups is 2. The van der Waals surface area contributed by atoms with Gasteiger partial charge in [-0.15, -0.1) is 0 Å². The summed E-state index contributed by atoms with van der Waals surface area (Å²) in [4.78, 5) is 23.9. The molecule has 6 atom stereocenters. The van der Waals surface area contributed by atoms with Crippen LogP contribution in [0, 0.1) is 17.8 Å². The Balaban J connectivity index is 2.00. The summed E-state index contributed by atoms with van der Waals surface area (Å²) in [6.07, 6.45) is -11.3. The second-order valence-electron chi connectivity index (χ2n) is 8.46. The predicted octanol–water partition coefficient (Wildman–Crippen LogP) is 3.76. The Hall–Kier alpha value is -1.81. The highest BCUT2D eigenvalue weighted by Crippen LogP contribution is 2.64. The van der Waals surface area contributed by atoms with Crippen LogP contribution in [0.4, 0.5) is 61.5 Å². The molecule has 2 saturated carbocycles. The van der Waals surface area contributed by atoms with Crippen LogP contribution >= 0.6 is 12.0 Å². The first-order valence-corrected chi connectivity index (χ1v) is 10.4. The van der Waals surface area contributed by atoms with Gasteiger partial charge in [-0.1, -0.05) is 0 Å². The second kappa shape index (κ2) is 8.85. The Morgan fingerprint density at radius 1 is 0.816 bits per heavy atom. The zero-order valence-corrected chi connectivity index (χ0v) is 18.2. The molecule has 0 spiro atoms. The molecule has 3 aliphatic rings. The normalized spacial score (nSPS) is 29.9. The van der Waals surface area contributed by atoms with Gasteiger partial charge in [0.05, 0.1) is 18.0 Å². The first-order valence-electron chi connectivity index (χ1n) is 9.64. The van der Waals surface area contributed by atoms with E-state index in [0.717, 1.165) is 0 Å². The fourth-order valence-electron chi connectivity index (χ4n) is 4.51. The van der Waals surface area contributed by atoms with Crippen molar-refractivity contribution in [2.75, 3.05) is 0 Å². The summed E-state index contributed by atoms with van der Waals surface area (Å²) in [6.45, 7) is 0. The predicted molar refractivity (Wildman–Crippen MR) is 83.9 cm³/mol. The number of hydrogen-bond donors (Lipinski definition) is 0. The van der Waals surface area contributed by atoms with Crippen molar-refractivity contribution in [1.29, 1.82) is 0 Å². The van der Waals surface area contributed by atoms with Crippen LogP contribution in [0.25, 0.3) is 0 Å². The third kappa shape index (κ3) is 3.83. The molecule has 0 aromatic heterocycles. The molecule has 3 rings (SSSR count). The van der Waals surface area contributed by atoms with Gasteiger partial charge in [0, 0.05) is 11.8 Å². The van der Waals surface area contributed by atoms with Crippen LogP contribution in [-0.2, 0) is 28.4 Å². The minimum atomic E-state index is -8.44. The molecule has 220 valence electrons. The molecule has 0 aromatic rings. The van der Waals surface area contributed by atoms with Crippen LogP contribution in [0.15, 0.2) is 0 Å². The van der Waals surface area contributed by atoms with E-state index in [1.165, 1.54) is 0 Å². The molecule has 0 amide bonds. The Bertz CT molecular complexity index is 975. The molecule has 1 heterocycles. The summed E-state index contributed by atoms with van der Waals surface area (Å²) < 4.78 is 202. The number of fused-ring (bicyclic) bond motifs is 1. The average molecular weight is 611 g/mol. The third-order valence-corrected chi connectivity index (χ3v) is 7.21. The van der Waals surface area contributed by atoms with Crippen molar-refractivity contribution in [3.8, 4) is 0 Å². The van der Waals surface area contributed by atoms with Gasteiger partial charge in [-0.3, -0.25) is 9.83 Å². The summed E-state index contributed by atoms with van der Waals surface area (Å²) >= 11 is -2.17. The van der Waals surface area contributed by atoms with Crippen LogP contribution in [0.3, 0.4) is 0 Å². The molecule has 6 unspecified atom stereocenters. The fraction of sp³-hybridized carbons (Fsp3) is 0.875. The van der Waals surface area contributed by atoms with Gasteiger partial charge in [-0.05, 0) is 12.8 Å². The van der Waals surface area contributed by atoms with E-state index in [0.29, 0.717) is 0 Å². The van der Waals surface area contributed by atoms with Crippen LogP contribution in [-0.4, -0.2) is 64.9 Å². The molecule has 7 nitrogen and oxygen atoms in total. The van der Waals surface area contributed by atoms with Crippen molar-refractivity contribution in [1.82, 2.24) is 0 Å². The molecule has 3 fully saturated rings. The molecule has 22 heteroatoms. The number of hydrogen-bond acceptors (Lipinski definition) is 8. The van der Waals surface area contributed by atoms with E-state index in [9.17, 15) is 71.9 Å². The van der Waals surface area contributed by atoms with Gasteiger partial charge in [-0.2, -0.15) is 61.4 Å². The first-order chi connectivity index (χ1) is 16.9. The highest BCUT2D eigenvalue weighted by atomic mass is 32.2. The SMILES string of the molecule is O=C1OC2C3CC(CC13)C2OC(=O)C(F)(SOO[O-])C(F)(F)C(F)(F)C(F)(F)C(F)(F)C(F)(F)C(F)(F)F. The largest absolute Gasteiger partial charge is 0.691 e. The third-order valence-electron chi connectivity index (χ3n) is 6.43. The van der Waals surface area contributed by atoms with Gasteiger partial charge in [0.25, 0.3) is 0 Å². The Morgan fingerprint density at radius 2 is 1.32 bits per heavy atom. The summed E-state index contributed by atoms with van der Waals surface area (Å²) in [5, 5.41) is 6.02. The van der Waals surface area contributed by atoms with Crippen molar-refractivity contribution in [3.63, 3.8) is 0 Å². The summed E-state index contributed by atoms with van der Waals surface area (Å²) in [6, 6.07) is 0. The smallest absolute Gasteiger partial charge is 0.460 e. The van der Waals surface area contributed by atoms with Gasteiger partial charge >= 0.3 is 52.7 Å². The number of alkyl halides is 14. The molecule has 0 radical (unpaired) electrons. The minimum Gasteiger partial charge on any atom is -0.691 e. The van der Waals surface area contributed by atoms with E-state index in [-0.39, 0.29) is 12.8 Å². The van der Waals surface area contributed by atoms with Gasteiger partial charge in [0.2, 0.25) is 0 Å².